The van der Waals surface area contributed by atoms with Gasteiger partial charge in [-0.05, 0) is 38.1 Å². The predicted molar refractivity (Wildman–Crippen MR) is 67.7 cm³/mol. The second kappa shape index (κ2) is 4.95. The Hall–Kier alpha value is -1.60. The molecule has 0 bridgehead atoms. The summed E-state index contributed by atoms with van der Waals surface area (Å²) in [5.74, 6) is -0.906. The van der Waals surface area contributed by atoms with Crippen LogP contribution in [0.2, 0.25) is 0 Å². The Balaban J connectivity index is 2.74. The zero-order valence-corrected chi connectivity index (χ0v) is 11.0. The number of carboxylic acid groups (broad SMARTS) is 1. The van der Waals surface area contributed by atoms with Gasteiger partial charge in [-0.25, -0.2) is 13.6 Å². The lowest BCUT2D eigenvalue weighted by Gasteiger charge is -2.20. The van der Waals surface area contributed by atoms with E-state index in [-0.39, 0.29) is 11.4 Å². The third kappa shape index (κ3) is 3.71. The number of primary sulfonamides is 1. The number of aliphatic carboxylic acids is 1. The highest BCUT2D eigenvalue weighted by Gasteiger charge is 2.26. The third-order valence-corrected chi connectivity index (χ3v) is 3.43. The molecule has 100 valence electrons. The SMILES string of the molecule is CC(C)(CNc1ccc(S(N)(=O)=O)cc1)C(=O)O. The molecule has 0 amide bonds. The van der Waals surface area contributed by atoms with Gasteiger partial charge in [-0.1, -0.05) is 0 Å². The molecule has 0 saturated carbocycles. The molecule has 0 unspecified atom stereocenters. The van der Waals surface area contributed by atoms with Crippen LogP contribution in [-0.2, 0) is 14.8 Å². The summed E-state index contributed by atoms with van der Waals surface area (Å²) in [6.07, 6.45) is 0. The zero-order chi connectivity index (χ0) is 14.0. The summed E-state index contributed by atoms with van der Waals surface area (Å²) in [6.45, 7) is 3.43. The van der Waals surface area contributed by atoms with Crippen LogP contribution >= 0.6 is 0 Å². The first kappa shape index (κ1) is 14.5. The molecule has 0 heterocycles. The maximum atomic E-state index is 11.0. The monoisotopic (exact) mass is 272 g/mol. The van der Waals surface area contributed by atoms with Crippen LogP contribution in [0.15, 0.2) is 29.2 Å². The maximum Gasteiger partial charge on any atom is 0.310 e. The topological polar surface area (TPSA) is 109 Å². The molecular formula is C11H16N2O4S. The molecule has 1 aromatic rings. The molecule has 0 aliphatic carbocycles. The van der Waals surface area contributed by atoms with Gasteiger partial charge in [0.05, 0.1) is 10.3 Å². The van der Waals surface area contributed by atoms with Crippen molar-refractivity contribution in [1.29, 1.82) is 0 Å². The number of nitrogens with two attached hydrogens (primary N) is 1. The summed E-state index contributed by atoms with van der Waals surface area (Å²) in [5, 5.41) is 16.8. The minimum absolute atomic E-state index is 0.0190. The van der Waals surface area contributed by atoms with Crippen LogP contribution in [0.1, 0.15) is 13.8 Å². The molecule has 0 aliphatic heterocycles. The van der Waals surface area contributed by atoms with Gasteiger partial charge in [0.25, 0.3) is 0 Å². The van der Waals surface area contributed by atoms with Crippen LogP contribution < -0.4 is 10.5 Å². The molecule has 0 spiro atoms. The van der Waals surface area contributed by atoms with E-state index >= 15 is 0 Å². The number of carboxylic acids is 1. The van der Waals surface area contributed by atoms with Crippen molar-refractivity contribution in [3.05, 3.63) is 24.3 Å². The van der Waals surface area contributed by atoms with E-state index in [0.29, 0.717) is 5.69 Å². The number of anilines is 1. The van der Waals surface area contributed by atoms with Gasteiger partial charge in [0.1, 0.15) is 0 Å². The molecule has 1 aromatic carbocycles. The van der Waals surface area contributed by atoms with Gasteiger partial charge in [0.15, 0.2) is 0 Å². The van der Waals surface area contributed by atoms with Gasteiger partial charge >= 0.3 is 5.97 Å². The quantitative estimate of drug-likeness (QED) is 0.736. The highest BCUT2D eigenvalue weighted by molar-refractivity contribution is 7.89. The maximum absolute atomic E-state index is 11.0. The first-order valence-electron chi connectivity index (χ1n) is 5.23. The molecule has 0 aromatic heterocycles. The highest BCUT2D eigenvalue weighted by Crippen LogP contribution is 2.18. The molecule has 0 aliphatic rings. The van der Waals surface area contributed by atoms with Gasteiger partial charge in [-0.2, -0.15) is 0 Å². The Morgan fingerprint density at radius 2 is 1.83 bits per heavy atom. The van der Waals surface area contributed by atoms with Crippen molar-refractivity contribution in [1.82, 2.24) is 0 Å². The summed E-state index contributed by atoms with van der Waals surface area (Å²) in [4.78, 5) is 10.9. The first-order chi connectivity index (χ1) is 8.13. The fourth-order valence-electron chi connectivity index (χ4n) is 1.16. The average molecular weight is 272 g/mol. The lowest BCUT2D eigenvalue weighted by molar-refractivity contribution is -0.146. The molecule has 1 rings (SSSR count). The van der Waals surface area contributed by atoms with Gasteiger partial charge in [0, 0.05) is 12.2 Å². The lowest BCUT2D eigenvalue weighted by atomic mass is 9.94. The van der Waals surface area contributed by atoms with Crippen LogP contribution in [0.3, 0.4) is 0 Å². The van der Waals surface area contributed by atoms with Crippen molar-refractivity contribution in [3.63, 3.8) is 0 Å². The second-order valence-electron chi connectivity index (χ2n) is 4.61. The molecule has 18 heavy (non-hydrogen) atoms. The van der Waals surface area contributed by atoms with Crippen LogP contribution in [0.5, 0.6) is 0 Å². The van der Waals surface area contributed by atoms with Crippen molar-refractivity contribution in [3.8, 4) is 0 Å². The van der Waals surface area contributed by atoms with E-state index in [4.69, 9.17) is 10.2 Å². The van der Waals surface area contributed by atoms with E-state index in [1.807, 2.05) is 0 Å². The van der Waals surface area contributed by atoms with Crippen molar-refractivity contribution in [2.75, 3.05) is 11.9 Å². The van der Waals surface area contributed by atoms with Crippen molar-refractivity contribution >= 4 is 21.7 Å². The largest absolute Gasteiger partial charge is 0.481 e. The van der Waals surface area contributed by atoms with Gasteiger partial charge in [0.2, 0.25) is 10.0 Å². The Labute approximate surface area is 106 Å². The summed E-state index contributed by atoms with van der Waals surface area (Å²) in [6, 6.07) is 5.81. The Bertz CT molecular complexity index is 535. The Morgan fingerprint density at radius 1 is 1.33 bits per heavy atom. The molecule has 0 radical (unpaired) electrons. The summed E-state index contributed by atoms with van der Waals surface area (Å²) in [7, 11) is -3.70. The zero-order valence-electron chi connectivity index (χ0n) is 10.2. The number of hydrogen-bond acceptors (Lipinski definition) is 4. The molecular weight excluding hydrogens is 256 g/mol. The fraction of sp³-hybridized carbons (Fsp3) is 0.364. The van der Waals surface area contributed by atoms with E-state index in [1.165, 1.54) is 24.3 Å². The molecule has 0 saturated heterocycles. The number of sulfonamides is 1. The van der Waals surface area contributed by atoms with Crippen LogP contribution in [0.25, 0.3) is 0 Å². The Morgan fingerprint density at radius 3 is 2.22 bits per heavy atom. The number of hydrogen-bond donors (Lipinski definition) is 3. The van der Waals surface area contributed by atoms with Crippen LogP contribution in [0, 0.1) is 5.41 Å². The third-order valence-electron chi connectivity index (χ3n) is 2.50. The van der Waals surface area contributed by atoms with E-state index in [9.17, 15) is 13.2 Å². The van der Waals surface area contributed by atoms with Crippen molar-refractivity contribution in [2.45, 2.75) is 18.7 Å². The van der Waals surface area contributed by atoms with E-state index in [2.05, 4.69) is 5.32 Å². The highest BCUT2D eigenvalue weighted by atomic mass is 32.2. The summed E-state index contributed by atoms with van der Waals surface area (Å²) >= 11 is 0. The van der Waals surface area contributed by atoms with E-state index < -0.39 is 21.4 Å². The van der Waals surface area contributed by atoms with Crippen LogP contribution in [0.4, 0.5) is 5.69 Å². The number of carbonyl (C=O) groups is 1. The normalized spacial score (nSPS) is 12.2. The van der Waals surface area contributed by atoms with Crippen LogP contribution in [-0.4, -0.2) is 26.0 Å². The van der Waals surface area contributed by atoms with Gasteiger partial charge < -0.3 is 10.4 Å². The van der Waals surface area contributed by atoms with Crippen molar-refractivity contribution in [2.24, 2.45) is 10.6 Å². The molecule has 7 heteroatoms. The summed E-state index contributed by atoms with van der Waals surface area (Å²) in [5.41, 5.74) is -0.268. The van der Waals surface area contributed by atoms with Gasteiger partial charge in [-0.3, -0.25) is 4.79 Å². The first-order valence-corrected chi connectivity index (χ1v) is 6.78. The average Bonchev–Trinajstić information content (AvgIpc) is 2.25. The lowest BCUT2D eigenvalue weighted by Crippen LogP contribution is -2.31. The smallest absolute Gasteiger partial charge is 0.310 e. The minimum Gasteiger partial charge on any atom is -0.481 e. The van der Waals surface area contributed by atoms with Crippen molar-refractivity contribution < 1.29 is 18.3 Å². The number of rotatable bonds is 5. The molecule has 4 N–H and O–H groups in total. The molecule has 6 nitrogen and oxygen atoms in total. The second-order valence-corrected chi connectivity index (χ2v) is 6.17. The minimum atomic E-state index is -3.70. The predicted octanol–water partition coefficient (Wildman–Crippen LogP) is 0.857. The molecule has 0 fully saturated rings. The van der Waals surface area contributed by atoms with E-state index in [1.54, 1.807) is 13.8 Å². The van der Waals surface area contributed by atoms with E-state index in [0.717, 1.165) is 0 Å². The summed E-state index contributed by atoms with van der Waals surface area (Å²) < 4.78 is 22.1. The number of nitrogens with one attached hydrogen (secondary N) is 1. The standard InChI is InChI=1S/C11H16N2O4S/c1-11(2,10(14)15)7-13-8-3-5-9(6-4-8)18(12,16)17/h3-6,13H,7H2,1-2H3,(H,14,15)(H2,12,16,17). The Kier molecular flexibility index (Phi) is 3.98. The number of benzene rings is 1. The molecule has 0 atom stereocenters. The van der Waals surface area contributed by atoms with Gasteiger partial charge in [-0.15, -0.1) is 0 Å². The fourth-order valence-corrected chi connectivity index (χ4v) is 1.68.